The lowest BCUT2D eigenvalue weighted by Gasteiger charge is -2.00. The Balaban J connectivity index is 2.17. The first-order chi connectivity index (χ1) is 7.74. The van der Waals surface area contributed by atoms with E-state index in [4.69, 9.17) is 4.74 Å². The van der Waals surface area contributed by atoms with E-state index in [-0.39, 0.29) is 11.8 Å². The molecule has 1 aliphatic heterocycles. The monoisotopic (exact) mass is 234 g/mol. The Morgan fingerprint density at radius 1 is 1.44 bits per heavy atom. The van der Waals surface area contributed by atoms with Crippen LogP contribution >= 0.6 is 11.3 Å². The van der Waals surface area contributed by atoms with Crippen LogP contribution in [0.1, 0.15) is 15.4 Å². The average Bonchev–Trinajstić information content (AvgIpc) is 2.53. The lowest BCUT2D eigenvalue weighted by molar-refractivity contribution is 0.102. The molecule has 1 N–H and O–H groups in total. The molecule has 0 aliphatic carbocycles. The van der Waals surface area contributed by atoms with Gasteiger partial charge in [0.25, 0.3) is 17.7 Å². The topological polar surface area (TPSA) is 77.0 Å². The van der Waals surface area contributed by atoms with Gasteiger partial charge >= 0.3 is 0 Å². The number of carbonyl (C=O) groups excluding carboxylic acids is 1. The summed E-state index contributed by atoms with van der Waals surface area (Å²) in [5, 5.41) is 11.6. The molecule has 0 saturated heterocycles. The van der Waals surface area contributed by atoms with Gasteiger partial charge in [-0.25, -0.2) is 4.98 Å². The van der Waals surface area contributed by atoms with Gasteiger partial charge in [0.1, 0.15) is 5.56 Å². The number of nitrogens with one attached hydrogen (secondary N) is 1. The molecule has 0 radical (unpaired) electrons. The van der Waals surface area contributed by atoms with E-state index in [1.54, 1.807) is 6.07 Å². The van der Waals surface area contributed by atoms with Crippen molar-refractivity contribution in [1.82, 2.24) is 15.2 Å². The summed E-state index contributed by atoms with van der Waals surface area (Å²) in [5.74, 6) is 0.298. The molecule has 1 aliphatic rings. The fourth-order valence-electron chi connectivity index (χ4n) is 1.39. The summed E-state index contributed by atoms with van der Waals surface area (Å²) in [6, 6.07) is 1.56. The third-order valence-electron chi connectivity index (χ3n) is 2.05. The highest BCUT2D eigenvalue weighted by Crippen LogP contribution is 2.37. The summed E-state index contributed by atoms with van der Waals surface area (Å²) in [5.41, 5.74) is 0.359. The number of rotatable bonds is 0. The van der Waals surface area contributed by atoms with Crippen LogP contribution in [-0.2, 0) is 0 Å². The van der Waals surface area contributed by atoms with E-state index in [2.05, 4.69) is 20.5 Å². The summed E-state index contributed by atoms with van der Waals surface area (Å²) in [4.78, 5) is 16.0. The van der Waals surface area contributed by atoms with Crippen LogP contribution in [0, 0.1) is 6.92 Å². The maximum absolute atomic E-state index is 11.8. The molecule has 2 aromatic heterocycles. The van der Waals surface area contributed by atoms with Crippen LogP contribution in [0.25, 0.3) is 0 Å². The van der Waals surface area contributed by atoms with Gasteiger partial charge < -0.3 is 10.1 Å². The molecule has 0 atom stereocenters. The first-order valence-corrected chi connectivity index (χ1v) is 5.34. The summed E-state index contributed by atoms with van der Waals surface area (Å²) < 4.78 is 5.44. The molecule has 0 aromatic carbocycles. The third-order valence-corrected chi connectivity index (χ3v) is 2.92. The van der Waals surface area contributed by atoms with Gasteiger partial charge in [0.2, 0.25) is 0 Å². The number of anilines is 1. The number of amides is 1. The molecular weight excluding hydrogens is 228 g/mol. The second kappa shape index (κ2) is 3.24. The van der Waals surface area contributed by atoms with Crippen molar-refractivity contribution in [1.29, 1.82) is 0 Å². The highest BCUT2D eigenvalue weighted by Gasteiger charge is 2.24. The number of hydrogen-bond acceptors (Lipinski definition) is 6. The Hall–Kier alpha value is -2.02. The van der Waals surface area contributed by atoms with Crippen LogP contribution in [0.3, 0.4) is 0 Å². The SMILES string of the molecule is Cc1nc2c(s1)NC(=O)c1ccnnc1O2. The molecule has 80 valence electrons. The maximum Gasteiger partial charge on any atom is 0.262 e. The van der Waals surface area contributed by atoms with E-state index in [0.29, 0.717) is 16.4 Å². The Kier molecular flexibility index (Phi) is 1.87. The third kappa shape index (κ3) is 1.33. The molecule has 0 saturated carbocycles. The Bertz CT molecular complexity index is 581. The number of nitrogens with zero attached hydrogens (tertiary/aromatic N) is 3. The van der Waals surface area contributed by atoms with Crippen LogP contribution < -0.4 is 10.1 Å². The van der Waals surface area contributed by atoms with Crippen molar-refractivity contribution >= 4 is 22.2 Å². The van der Waals surface area contributed by atoms with Gasteiger partial charge in [-0.1, -0.05) is 11.3 Å². The van der Waals surface area contributed by atoms with E-state index >= 15 is 0 Å². The summed E-state index contributed by atoms with van der Waals surface area (Å²) in [6.07, 6.45) is 1.44. The second-order valence-electron chi connectivity index (χ2n) is 3.17. The van der Waals surface area contributed by atoms with Gasteiger partial charge in [-0.05, 0) is 13.0 Å². The number of carbonyl (C=O) groups is 1. The zero-order valence-electron chi connectivity index (χ0n) is 8.22. The molecule has 0 fully saturated rings. The summed E-state index contributed by atoms with van der Waals surface area (Å²) in [6.45, 7) is 1.84. The fourth-order valence-corrected chi connectivity index (χ4v) is 2.13. The molecular formula is C9H6N4O2S. The van der Waals surface area contributed by atoms with Crippen LogP contribution in [0.4, 0.5) is 5.00 Å². The molecule has 16 heavy (non-hydrogen) atoms. The van der Waals surface area contributed by atoms with E-state index in [1.807, 2.05) is 6.92 Å². The van der Waals surface area contributed by atoms with Crippen LogP contribution in [0.15, 0.2) is 12.3 Å². The number of fused-ring (bicyclic) bond motifs is 2. The summed E-state index contributed by atoms with van der Waals surface area (Å²) >= 11 is 1.36. The zero-order chi connectivity index (χ0) is 11.1. The first-order valence-electron chi connectivity index (χ1n) is 4.52. The van der Waals surface area contributed by atoms with Crippen molar-refractivity contribution in [3.63, 3.8) is 0 Å². The second-order valence-corrected chi connectivity index (χ2v) is 4.38. The highest BCUT2D eigenvalue weighted by atomic mass is 32.1. The summed E-state index contributed by atoms with van der Waals surface area (Å²) in [7, 11) is 0. The van der Waals surface area contributed by atoms with Crippen LogP contribution in [0.5, 0.6) is 11.8 Å². The molecule has 3 heterocycles. The predicted octanol–water partition coefficient (Wildman–Crippen LogP) is 1.60. The van der Waals surface area contributed by atoms with Crippen molar-refractivity contribution in [3.8, 4) is 11.8 Å². The number of aryl methyl sites for hydroxylation is 1. The van der Waals surface area contributed by atoms with E-state index < -0.39 is 0 Å². The fraction of sp³-hybridized carbons (Fsp3) is 0.111. The molecule has 3 rings (SSSR count). The average molecular weight is 234 g/mol. The molecule has 6 nitrogen and oxygen atoms in total. The van der Waals surface area contributed by atoms with Crippen molar-refractivity contribution in [2.24, 2.45) is 0 Å². The quantitative estimate of drug-likeness (QED) is 0.749. The van der Waals surface area contributed by atoms with Gasteiger partial charge in [0, 0.05) is 0 Å². The minimum Gasteiger partial charge on any atom is -0.415 e. The molecule has 0 unspecified atom stereocenters. The van der Waals surface area contributed by atoms with Gasteiger partial charge in [-0.2, -0.15) is 5.10 Å². The number of ether oxygens (including phenoxy) is 1. The highest BCUT2D eigenvalue weighted by molar-refractivity contribution is 7.16. The van der Waals surface area contributed by atoms with Gasteiger partial charge in [-0.15, -0.1) is 5.10 Å². The minimum atomic E-state index is -0.257. The normalized spacial score (nSPS) is 13.2. The smallest absolute Gasteiger partial charge is 0.262 e. The van der Waals surface area contributed by atoms with E-state index in [1.165, 1.54) is 17.5 Å². The van der Waals surface area contributed by atoms with Crippen molar-refractivity contribution in [2.45, 2.75) is 6.92 Å². The van der Waals surface area contributed by atoms with E-state index in [9.17, 15) is 4.79 Å². The van der Waals surface area contributed by atoms with Crippen molar-refractivity contribution in [2.75, 3.05) is 5.32 Å². The predicted molar refractivity (Wildman–Crippen MR) is 56.9 cm³/mol. The standard InChI is InChI=1S/C9H6N4O2S/c1-4-11-8-9(16-4)12-6(14)5-2-3-10-13-7(5)15-8/h2-3H,1H3,(H,12,14). The first kappa shape index (κ1) is 9.22. The molecule has 1 amide bonds. The van der Waals surface area contributed by atoms with Gasteiger partial charge in [0.05, 0.1) is 11.2 Å². The zero-order valence-corrected chi connectivity index (χ0v) is 9.04. The maximum atomic E-state index is 11.8. The Labute approximate surface area is 94.3 Å². The molecule has 0 bridgehead atoms. The lowest BCUT2D eigenvalue weighted by Crippen LogP contribution is -2.10. The van der Waals surface area contributed by atoms with E-state index in [0.717, 1.165) is 5.01 Å². The van der Waals surface area contributed by atoms with Gasteiger partial charge in [0.15, 0.2) is 5.00 Å². The van der Waals surface area contributed by atoms with Gasteiger partial charge in [-0.3, -0.25) is 4.79 Å². The van der Waals surface area contributed by atoms with Crippen LogP contribution in [-0.4, -0.2) is 21.1 Å². The molecule has 0 spiro atoms. The Morgan fingerprint density at radius 2 is 2.31 bits per heavy atom. The number of thiazole rings is 1. The largest absolute Gasteiger partial charge is 0.415 e. The lowest BCUT2D eigenvalue weighted by atomic mass is 10.3. The number of aromatic nitrogens is 3. The number of hydrogen-bond donors (Lipinski definition) is 1. The molecule has 2 aromatic rings. The van der Waals surface area contributed by atoms with Crippen molar-refractivity contribution in [3.05, 3.63) is 22.8 Å². The minimum absolute atomic E-state index is 0.184. The van der Waals surface area contributed by atoms with Crippen LogP contribution in [0.2, 0.25) is 0 Å². The molecule has 7 heteroatoms. The Morgan fingerprint density at radius 3 is 3.19 bits per heavy atom. The van der Waals surface area contributed by atoms with Crippen molar-refractivity contribution < 1.29 is 9.53 Å².